The highest BCUT2D eigenvalue weighted by atomic mass is 35.5. The van der Waals surface area contributed by atoms with E-state index in [1.807, 2.05) is 0 Å². The van der Waals surface area contributed by atoms with Crippen molar-refractivity contribution in [3.63, 3.8) is 0 Å². The fourth-order valence-electron chi connectivity index (χ4n) is 2.59. The summed E-state index contributed by atoms with van der Waals surface area (Å²) >= 11 is 0. The van der Waals surface area contributed by atoms with Crippen LogP contribution in [0.3, 0.4) is 0 Å². The molecule has 0 unspecified atom stereocenters. The molecule has 0 bridgehead atoms. The molecule has 17 heavy (non-hydrogen) atoms. The first kappa shape index (κ1) is 14.7. The lowest BCUT2D eigenvalue weighted by Crippen LogP contribution is -2.44. The predicted octanol–water partition coefficient (Wildman–Crippen LogP) is 0.572. The first-order valence-electron chi connectivity index (χ1n) is 6.45. The molecule has 2 rings (SSSR count). The number of carbonyl (C=O) groups is 1. The zero-order chi connectivity index (χ0) is 11.4. The van der Waals surface area contributed by atoms with Crippen LogP contribution in [0, 0.1) is 5.92 Å². The van der Waals surface area contributed by atoms with E-state index >= 15 is 0 Å². The highest BCUT2D eigenvalue weighted by molar-refractivity contribution is 5.85. The highest BCUT2D eigenvalue weighted by Gasteiger charge is 2.26. The number of carbonyl (C=O) groups excluding carboxylic acids is 1. The van der Waals surface area contributed by atoms with Crippen molar-refractivity contribution in [3.8, 4) is 0 Å². The summed E-state index contributed by atoms with van der Waals surface area (Å²) in [5, 5.41) is 3.32. The fourth-order valence-corrected chi connectivity index (χ4v) is 2.59. The first-order chi connectivity index (χ1) is 7.77. The first-order valence-corrected chi connectivity index (χ1v) is 6.45. The van der Waals surface area contributed by atoms with Crippen LogP contribution in [0.2, 0.25) is 0 Å². The van der Waals surface area contributed by atoms with E-state index < -0.39 is 0 Å². The quantitative estimate of drug-likeness (QED) is 0.750. The van der Waals surface area contributed by atoms with Gasteiger partial charge < -0.3 is 15.1 Å². The fraction of sp³-hybridized carbons (Fsp3) is 0.917. The maximum absolute atomic E-state index is 12.3. The van der Waals surface area contributed by atoms with Crippen molar-refractivity contribution in [1.29, 1.82) is 0 Å². The molecule has 1 atom stereocenters. The minimum Gasteiger partial charge on any atom is -0.341 e. The van der Waals surface area contributed by atoms with Crippen LogP contribution in [0.25, 0.3) is 0 Å². The van der Waals surface area contributed by atoms with Crippen LogP contribution < -0.4 is 5.32 Å². The van der Waals surface area contributed by atoms with E-state index in [1.165, 1.54) is 0 Å². The van der Waals surface area contributed by atoms with Crippen molar-refractivity contribution in [2.45, 2.75) is 19.3 Å². The van der Waals surface area contributed by atoms with Crippen LogP contribution in [0.1, 0.15) is 19.3 Å². The number of piperidine rings is 1. The standard InChI is InChI=1S/C12H23N3O.ClH/c1-14-6-3-7-15(9-8-14)12(16)11-4-2-5-13-10-11;/h11,13H,2-10H2,1H3;1H/t11-;/m1./s1. The number of halogens is 1. The van der Waals surface area contributed by atoms with Gasteiger partial charge in [-0.2, -0.15) is 0 Å². The lowest BCUT2D eigenvalue weighted by Gasteiger charge is -2.28. The maximum Gasteiger partial charge on any atom is 0.227 e. The Bertz CT molecular complexity index is 244. The van der Waals surface area contributed by atoms with Crippen molar-refractivity contribution in [2.75, 3.05) is 46.3 Å². The van der Waals surface area contributed by atoms with Gasteiger partial charge in [0.1, 0.15) is 0 Å². The molecule has 2 aliphatic rings. The molecule has 0 radical (unpaired) electrons. The normalized spacial score (nSPS) is 27.1. The summed E-state index contributed by atoms with van der Waals surface area (Å²) in [5.74, 6) is 0.611. The number of amides is 1. The number of hydrogen-bond donors (Lipinski definition) is 1. The number of nitrogens with one attached hydrogen (secondary N) is 1. The van der Waals surface area contributed by atoms with Crippen LogP contribution in [0.15, 0.2) is 0 Å². The Hall–Kier alpha value is -0.320. The molecule has 0 aromatic rings. The Labute approximate surface area is 110 Å². The lowest BCUT2D eigenvalue weighted by atomic mass is 9.98. The Balaban J connectivity index is 0.00000144. The van der Waals surface area contributed by atoms with Crippen molar-refractivity contribution in [1.82, 2.24) is 15.1 Å². The molecule has 0 aliphatic carbocycles. The summed E-state index contributed by atoms with van der Waals surface area (Å²) < 4.78 is 0. The number of likely N-dealkylation sites (N-methyl/N-ethyl adjacent to an activating group) is 1. The third kappa shape index (κ3) is 4.12. The Morgan fingerprint density at radius 3 is 2.71 bits per heavy atom. The average molecular weight is 262 g/mol. The molecule has 2 saturated heterocycles. The van der Waals surface area contributed by atoms with Crippen molar-refractivity contribution in [3.05, 3.63) is 0 Å². The van der Waals surface area contributed by atoms with E-state index in [0.29, 0.717) is 5.91 Å². The second-order valence-electron chi connectivity index (χ2n) is 5.03. The van der Waals surface area contributed by atoms with Gasteiger partial charge in [0, 0.05) is 26.2 Å². The Kier molecular flexibility index (Phi) is 6.23. The van der Waals surface area contributed by atoms with Gasteiger partial charge in [-0.15, -0.1) is 12.4 Å². The van der Waals surface area contributed by atoms with Crippen molar-refractivity contribution >= 4 is 18.3 Å². The summed E-state index contributed by atoms with van der Waals surface area (Å²) in [7, 11) is 2.14. The number of hydrogen-bond acceptors (Lipinski definition) is 3. The van der Waals surface area contributed by atoms with E-state index in [4.69, 9.17) is 0 Å². The summed E-state index contributed by atoms with van der Waals surface area (Å²) in [4.78, 5) is 16.7. The van der Waals surface area contributed by atoms with E-state index in [0.717, 1.165) is 58.5 Å². The topological polar surface area (TPSA) is 35.6 Å². The third-order valence-corrected chi connectivity index (χ3v) is 3.68. The van der Waals surface area contributed by atoms with Crippen LogP contribution in [-0.2, 0) is 4.79 Å². The van der Waals surface area contributed by atoms with Gasteiger partial charge in [-0.3, -0.25) is 4.79 Å². The van der Waals surface area contributed by atoms with Gasteiger partial charge in [-0.25, -0.2) is 0 Å². The SMILES string of the molecule is CN1CCCN(C(=O)[C@@H]2CCCNC2)CC1.Cl. The molecule has 100 valence electrons. The monoisotopic (exact) mass is 261 g/mol. The molecule has 0 spiro atoms. The van der Waals surface area contributed by atoms with Crippen molar-refractivity contribution < 1.29 is 4.79 Å². The number of rotatable bonds is 1. The lowest BCUT2D eigenvalue weighted by molar-refractivity contribution is -0.135. The molecule has 0 aromatic carbocycles. The molecule has 2 fully saturated rings. The van der Waals surface area contributed by atoms with E-state index in [-0.39, 0.29) is 18.3 Å². The molecule has 5 heteroatoms. The predicted molar refractivity (Wildman–Crippen MR) is 71.5 cm³/mol. The second kappa shape index (κ2) is 7.19. The average Bonchev–Trinajstić information content (AvgIpc) is 2.54. The van der Waals surface area contributed by atoms with E-state index in [1.54, 1.807) is 0 Å². The molecule has 2 aliphatic heterocycles. The molecule has 0 aromatic heterocycles. The number of nitrogens with zero attached hydrogens (tertiary/aromatic N) is 2. The zero-order valence-corrected chi connectivity index (χ0v) is 11.5. The summed E-state index contributed by atoms with van der Waals surface area (Å²) in [6.45, 7) is 5.95. The summed E-state index contributed by atoms with van der Waals surface area (Å²) in [5.41, 5.74) is 0. The van der Waals surface area contributed by atoms with E-state index in [9.17, 15) is 4.79 Å². The molecule has 1 N–H and O–H groups in total. The van der Waals surface area contributed by atoms with Gasteiger partial charge in [-0.05, 0) is 39.4 Å². The van der Waals surface area contributed by atoms with Crippen LogP contribution in [0.4, 0.5) is 0 Å². The Morgan fingerprint density at radius 1 is 1.18 bits per heavy atom. The zero-order valence-electron chi connectivity index (χ0n) is 10.7. The second-order valence-corrected chi connectivity index (χ2v) is 5.03. The van der Waals surface area contributed by atoms with Gasteiger partial charge in [0.2, 0.25) is 5.91 Å². The van der Waals surface area contributed by atoms with Gasteiger partial charge in [0.15, 0.2) is 0 Å². The molecule has 1 amide bonds. The van der Waals surface area contributed by atoms with Crippen LogP contribution >= 0.6 is 12.4 Å². The highest BCUT2D eigenvalue weighted by Crippen LogP contribution is 2.14. The smallest absolute Gasteiger partial charge is 0.227 e. The largest absolute Gasteiger partial charge is 0.341 e. The summed E-state index contributed by atoms with van der Waals surface area (Å²) in [6.07, 6.45) is 3.32. The van der Waals surface area contributed by atoms with Gasteiger partial charge in [0.05, 0.1) is 5.92 Å². The Morgan fingerprint density at radius 2 is 2.00 bits per heavy atom. The maximum atomic E-state index is 12.3. The molecular weight excluding hydrogens is 238 g/mol. The molecule has 2 heterocycles. The van der Waals surface area contributed by atoms with Crippen LogP contribution in [0.5, 0.6) is 0 Å². The van der Waals surface area contributed by atoms with Crippen LogP contribution in [-0.4, -0.2) is 62.0 Å². The summed E-state index contributed by atoms with van der Waals surface area (Å²) in [6, 6.07) is 0. The van der Waals surface area contributed by atoms with Gasteiger partial charge in [-0.1, -0.05) is 0 Å². The third-order valence-electron chi connectivity index (χ3n) is 3.68. The minimum absolute atomic E-state index is 0. The molecule has 0 saturated carbocycles. The minimum atomic E-state index is 0. The van der Waals surface area contributed by atoms with E-state index in [2.05, 4.69) is 22.2 Å². The van der Waals surface area contributed by atoms with Gasteiger partial charge in [0.25, 0.3) is 0 Å². The molecule has 4 nitrogen and oxygen atoms in total. The van der Waals surface area contributed by atoms with Gasteiger partial charge >= 0.3 is 0 Å². The molecular formula is C12H24ClN3O. The van der Waals surface area contributed by atoms with Crippen molar-refractivity contribution in [2.24, 2.45) is 5.92 Å².